The first-order chi connectivity index (χ1) is 10.7. The van der Waals surface area contributed by atoms with Gasteiger partial charge in [-0.2, -0.15) is 5.26 Å². The lowest BCUT2D eigenvalue weighted by molar-refractivity contribution is 0.0624. The predicted octanol–water partition coefficient (Wildman–Crippen LogP) is 3.06. The normalized spacial score (nSPS) is 21.4. The summed E-state index contributed by atoms with van der Waals surface area (Å²) in [5.74, 6) is 1.05. The second-order valence-corrected chi connectivity index (χ2v) is 5.83. The standard InChI is InChI=1S/C17H20N2O3/c1-21-12-8-13-16(15(9-12)22-2)14(10-18)19(17(13)20)11-6-4-3-5-7-11/h8-9,11,14H,3-7H2,1-2H3. The molecule has 0 N–H and O–H groups in total. The molecule has 1 atom stereocenters. The average molecular weight is 300 g/mol. The number of hydrogen-bond acceptors (Lipinski definition) is 4. The highest BCUT2D eigenvalue weighted by Crippen LogP contribution is 2.44. The van der Waals surface area contributed by atoms with E-state index in [4.69, 9.17) is 9.47 Å². The van der Waals surface area contributed by atoms with Crippen molar-refractivity contribution in [3.05, 3.63) is 23.3 Å². The molecule has 2 aliphatic rings. The van der Waals surface area contributed by atoms with Gasteiger partial charge in [-0.25, -0.2) is 0 Å². The number of nitrogens with zero attached hydrogens (tertiary/aromatic N) is 2. The van der Waals surface area contributed by atoms with Gasteiger partial charge in [0, 0.05) is 17.7 Å². The molecule has 1 fully saturated rings. The molecule has 5 nitrogen and oxygen atoms in total. The molecule has 0 aromatic heterocycles. The second-order valence-electron chi connectivity index (χ2n) is 5.83. The fourth-order valence-corrected chi connectivity index (χ4v) is 3.61. The lowest BCUT2D eigenvalue weighted by Crippen LogP contribution is -2.39. The minimum Gasteiger partial charge on any atom is -0.497 e. The summed E-state index contributed by atoms with van der Waals surface area (Å²) in [7, 11) is 3.11. The molecule has 116 valence electrons. The number of amides is 1. The Labute approximate surface area is 130 Å². The van der Waals surface area contributed by atoms with Crippen molar-refractivity contribution in [2.75, 3.05) is 14.2 Å². The van der Waals surface area contributed by atoms with E-state index in [2.05, 4.69) is 6.07 Å². The van der Waals surface area contributed by atoms with Crippen LogP contribution in [-0.2, 0) is 0 Å². The molecule has 1 heterocycles. The molecule has 0 saturated heterocycles. The number of carbonyl (C=O) groups is 1. The van der Waals surface area contributed by atoms with Crippen molar-refractivity contribution in [3.8, 4) is 17.6 Å². The zero-order valence-corrected chi connectivity index (χ0v) is 13.0. The van der Waals surface area contributed by atoms with Gasteiger partial charge in [0.05, 0.1) is 25.9 Å². The number of hydrogen-bond donors (Lipinski definition) is 0. The third kappa shape index (κ3) is 2.19. The summed E-state index contributed by atoms with van der Waals surface area (Å²) in [5, 5.41) is 9.65. The van der Waals surface area contributed by atoms with E-state index < -0.39 is 6.04 Å². The topological polar surface area (TPSA) is 62.6 Å². The Bertz CT molecular complexity index is 630. The fourth-order valence-electron chi connectivity index (χ4n) is 3.61. The van der Waals surface area contributed by atoms with E-state index in [-0.39, 0.29) is 11.9 Å². The SMILES string of the molecule is COc1cc(OC)c2c(c1)C(=O)N(C1CCCCC1)C2C#N. The van der Waals surface area contributed by atoms with Crippen LogP contribution in [0.1, 0.15) is 54.1 Å². The summed E-state index contributed by atoms with van der Waals surface area (Å²) < 4.78 is 10.7. The molecule has 1 aliphatic carbocycles. The van der Waals surface area contributed by atoms with Gasteiger partial charge in [-0.05, 0) is 18.9 Å². The van der Waals surface area contributed by atoms with Crippen molar-refractivity contribution >= 4 is 5.91 Å². The summed E-state index contributed by atoms with van der Waals surface area (Å²) in [4.78, 5) is 14.6. The summed E-state index contributed by atoms with van der Waals surface area (Å²) in [6, 6.07) is 5.33. The van der Waals surface area contributed by atoms with Gasteiger partial charge in [0.2, 0.25) is 0 Å². The Morgan fingerprint density at radius 1 is 1.18 bits per heavy atom. The van der Waals surface area contributed by atoms with Crippen LogP contribution in [0.15, 0.2) is 12.1 Å². The molecule has 0 radical (unpaired) electrons. The largest absolute Gasteiger partial charge is 0.497 e. The number of nitriles is 1. The van der Waals surface area contributed by atoms with Crippen LogP contribution in [0.3, 0.4) is 0 Å². The van der Waals surface area contributed by atoms with Gasteiger partial charge in [-0.15, -0.1) is 0 Å². The van der Waals surface area contributed by atoms with Crippen LogP contribution in [-0.4, -0.2) is 31.1 Å². The zero-order valence-electron chi connectivity index (χ0n) is 13.0. The lowest BCUT2D eigenvalue weighted by Gasteiger charge is -2.33. The van der Waals surface area contributed by atoms with E-state index in [1.54, 1.807) is 31.3 Å². The van der Waals surface area contributed by atoms with Crippen LogP contribution in [0.25, 0.3) is 0 Å². The van der Waals surface area contributed by atoms with Gasteiger partial charge in [-0.3, -0.25) is 4.79 Å². The lowest BCUT2D eigenvalue weighted by atomic mass is 9.93. The van der Waals surface area contributed by atoms with Crippen LogP contribution in [0.2, 0.25) is 0 Å². The third-order valence-corrected chi connectivity index (χ3v) is 4.68. The monoisotopic (exact) mass is 300 g/mol. The maximum absolute atomic E-state index is 12.9. The molecule has 5 heteroatoms. The van der Waals surface area contributed by atoms with Crippen molar-refractivity contribution in [1.82, 2.24) is 4.90 Å². The van der Waals surface area contributed by atoms with E-state index >= 15 is 0 Å². The van der Waals surface area contributed by atoms with Crippen molar-refractivity contribution in [2.24, 2.45) is 0 Å². The smallest absolute Gasteiger partial charge is 0.256 e. The number of methoxy groups -OCH3 is 2. The number of benzene rings is 1. The Kier molecular flexibility index (Phi) is 3.93. The molecule has 1 aliphatic heterocycles. The van der Waals surface area contributed by atoms with Crippen molar-refractivity contribution in [2.45, 2.75) is 44.2 Å². The minimum absolute atomic E-state index is 0.0781. The first-order valence-corrected chi connectivity index (χ1v) is 7.69. The molecule has 1 aromatic carbocycles. The average Bonchev–Trinajstić information content (AvgIpc) is 2.87. The van der Waals surface area contributed by atoms with Gasteiger partial charge in [0.1, 0.15) is 17.5 Å². The van der Waals surface area contributed by atoms with Crippen LogP contribution < -0.4 is 9.47 Å². The molecule has 3 rings (SSSR count). The first-order valence-electron chi connectivity index (χ1n) is 7.69. The van der Waals surface area contributed by atoms with Crippen molar-refractivity contribution < 1.29 is 14.3 Å². The highest BCUT2D eigenvalue weighted by atomic mass is 16.5. The number of carbonyl (C=O) groups excluding carboxylic acids is 1. The Morgan fingerprint density at radius 2 is 1.91 bits per heavy atom. The summed E-state index contributed by atoms with van der Waals surface area (Å²) >= 11 is 0. The van der Waals surface area contributed by atoms with E-state index in [0.717, 1.165) is 25.7 Å². The number of fused-ring (bicyclic) bond motifs is 1. The maximum Gasteiger partial charge on any atom is 0.256 e. The first kappa shape index (κ1) is 14.7. The molecule has 0 spiro atoms. The van der Waals surface area contributed by atoms with Gasteiger partial charge in [-0.1, -0.05) is 19.3 Å². The Morgan fingerprint density at radius 3 is 2.50 bits per heavy atom. The Balaban J connectivity index is 2.07. The van der Waals surface area contributed by atoms with Crippen molar-refractivity contribution in [1.29, 1.82) is 5.26 Å². The summed E-state index contributed by atoms with van der Waals surface area (Å²) in [6.07, 6.45) is 5.38. The van der Waals surface area contributed by atoms with E-state index in [1.807, 2.05) is 0 Å². The second kappa shape index (κ2) is 5.88. The zero-order chi connectivity index (χ0) is 15.7. The quantitative estimate of drug-likeness (QED) is 0.860. The van der Waals surface area contributed by atoms with Crippen LogP contribution in [0.5, 0.6) is 11.5 Å². The highest BCUT2D eigenvalue weighted by Gasteiger charge is 2.43. The minimum atomic E-state index is -0.563. The van der Waals surface area contributed by atoms with E-state index in [9.17, 15) is 10.1 Å². The summed E-state index contributed by atoms with van der Waals surface area (Å²) in [5.41, 5.74) is 1.22. The highest BCUT2D eigenvalue weighted by molar-refractivity contribution is 6.01. The molecule has 1 aromatic rings. The van der Waals surface area contributed by atoms with E-state index in [1.165, 1.54) is 6.42 Å². The van der Waals surface area contributed by atoms with Crippen LogP contribution in [0, 0.1) is 11.3 Å². The Hall–Kier alpha value is -2.22. The van der Waals surface area contributed by atoms with Gasteiger partial charge >= 0.3 is 0 Å². The number of rotatable bonds is 3. The molecule has 22 heavy (non-hydrogen) atoms. The molecular weight excluding hydrogens is 280 g/mol. The molecular formula is C17H20N2O3. The fraction of sp³-hybridized carbons (Fsp3) is 0.529. The number of ether oxygens (including phenoxy) is 2. The third-order valence-electron chi connectivity index (χ3n) is 4.68. The summed E-state index contributed by atoms with van der Waals surface area (Å²) in [6.45, 7) is 0. The molecule has 1 unspecified atom stereocenters. The van der Waals surface area contributed by atoms with Gasteiger partial charge in [0.25, 0.3) is 5.91 Å². The molecule has 1 saturated carbocycles. The van der Waals surface area contributed by atoms with E-state index in [0.29, 0.717) is 22.6 Å². The van der Waals surface area contributed by atoms with Crippen molar-refractivity contribution in [3.63, 3.8) is 0 Å². The van der Waals surface area contributed by atoms with Crippen LogP contribution in [0.4, 0.5) is 0 Å². The molecule has 1 amide bonds. The van der Waals surface area contributed by atoms with Gasteiger partial charge < -0.3 is 14.4 Å². The molecule has 0 bridgehead atoms. The van der Waals surface area contributed by atoms with Crippen LogP contribution >= 0.6 is 0 Å². The maximum atomic E-state index is 12.9. The predicted molar refractivity (Wildman–Crippen MR) is 80.9 cm³/mol. The van der Waals surface area contributed by atoms with Gasteiger partial charge in [0.15, 0.2) is 0 Å².